The Morgan fingerprint density at radius 2 is 1.62 bits per heavy atom. The molecule has 166 valence electrons. The SMILES string of the molecule is CCOC(=O)c1ccc(NC(=O)Cc2csc(SCC(=O)Nc3ccc(Cl)cc3)n2)cc1. The van der Waals surface area contributed by atoms with E-state index < -0.39 is 5.97 Å². The van der Waals surface area contributed by atoms with Crippen LogP contribution in [-0.2, 0) is 20.7 Å². The van der Waals surface area contributed by atoms with Gasteiger partial charge in [0.15, 0.2) is 4.34 Å². The van der Waals surface area contributed by atoms with E-state index in [0.717, 1.165) is 0 Å². The van der Waals surface area contributed by atoms with Crippen LogP contribution >= 0.6 is 34.7 Å². The molecule has 10 heteroatoms. The van der Waals surface area contributed by atoms with Crippen LogP contribution in [0.3, 0.4) is 0 Å². The van der Waals surface area contributed by atoms with Crippen LogP contribution in [0.15, 0.2) is 58.3 Å². The fourth-order valence-electron chi connectivity index (χ4n) is 2.57. The highest BCUT2D eigenvalue weighted by atomic mass is 35.5. The van der Waals surface area contributed by atoms with E-state index in [1.807, 2.05) is 0 Å². The second kappa shape index (κ2) is 11.7. The number of carbonyl (C=O) groups is 3. The summed E-state index contributed by atoms with van der Waals surface area (Å²) in [7, 11) is 0. The highest BCUT2D eigenvalue weighted by Crippen LogP contribution is 2.23. The van der Waals surface area contributed by atoms with Crippen molar-refractivity contribution in [3.05, 3.63) is 70.2 Å². The molecule has 0 saturated heterocycles. The van der Waals surface area contributed by atoms with Gasteiger partial charge in [0, 0.05) is 21.8 Å². The van der Waals surface area contributed by atoms with Crippen LogP contribution in [0.2, 0.25) is 5.02 Å². The number of aromatic nitrogens is 1. The van der Waals surface area contributed by atoms with E-state index in [4.69, 9.17) is 16.3 Å². The second-order valence-corrected chi connectivity index (χ2v) is 8.99. The molecule has 0 atom stereocenters. The normalized spacial score (nSPS) is 10.4. The van der Waals surface area contributed by atoms with Crippen LogP contribution in [0.25, 0.3) is 0 Å². The Hall–Kier alpha value is -2.88. The molecule has 2 aromatic carbocycles. The van der Waals surface area contributed by atoms with Gasteiger partial charge in [-0.05, 0) is 55.5 Å². The first-order valence-corrected chi connectivity index (χ1v) is 11.9. The van der Waals surface area contributed by atoms with Crippen molar-refractivity contribution < 1.29 is 19.1 Å². The Kier molecular flexibility index (Phi) is 8.66. The van der Waals surface area contributed by atoms with E-state index >= 15 is 0 Å². The van der Waals surface area contributed by atoms with Crippen LogP contribution in [0.5, 0.6) is 0 Å². The van der Waals surface area contributed by atoms with Crippen molar-refractivity contribution in [3.8, 4) is 0 Å². The number of nitrogens with one attached hydrogen (secondary N) is 2. The minimum atomic E-state index is -0.403. The molecule has 0 saturated carbocycles. The average molecular weight is 490 g/mol. The molecule has 3 rings (SSSR count). The third-order valence-electron chi connectivity index (χ3n) is 4.01. The highest BCUT2D eigenvalue weighted by molar-refractivity contribution is 8.01. The largest absolute Gasteiger partial charge is 0.462 e. The van der Waals surface area contributed by atoms with Crippen molar-refractivity contribution in [2.75, 3.05) is 23.0 Å². The van der Waals surface area contributed by atoms with E-state index in [1.165, 1.54) is 23.1 Å². The van der Waals surface area contributed by atoms with Crippen molar-refractivity contribution in [3.63, 3.8) is 0 Å². The average Bonchev–Trinajstić information content (AvgIpc) is 3.21. The number of hydrogen-bond acceptors (Lipinski definition) is 7. The summed E-state index contributed by atoms with van der Waals surface area (Å²) in [5, 5.41) is 7.96. The van der Waals surface area contributed by atoms with Crippen LogP contribution in [0.4, 0.5) is 11.4 Å². The van der Waals surface area contributed by atoms with Crippen molar-refractivity contribution in [1.82, 2.24) is 4.98 Å². The fraction of sp³-hybridized carbons (Fsp3) is 0.182. The third kappa shape index (κ3) is 7.37. The standard InChI is InChI=1S/C22H20ClN3O4S2/c1-2-30-21(29)14-3-7-16(8-4-14)24-19(27)11-18-12-31-22(26-18)32-13-20(28)25-17-9-5-15(23)6-10-17/h3-10,12H,2,11,13H2,1H3,(H,24,27)(H,25,28). The number of benzene rings is 2. The monoisotopic (exact) mass is 489 g/mol. The summed E-state index contributed by atoms with van der Waals surface area (Å²) >= 11 is 8.52. The topological polar surface area (TPSA) is 97.4 Å². The molecule has 0 aliphatic heterocycles. The highest BCUT2D eigenvalue weighted by Gasteiger charge is 2.11. The molecular formula is C22H20ClN3O4S2. The number of rotatable bonds is 9. The summed E-state index contributed by atoms with van der Waals surface area (Å²) in [5.74, 6) is -0.580. The zero-order valence-corrected chi connectivity index (χ0v) is 19.5. The van der Waals surface area contributed by atoms with Gasteiger partial charge in [-0.25, -0.2) is 9.78 Å². The van der Waals surface area contributed by atoms with Gasteiger partial charge in [0.2, 0.25) is 11.8 Å². The van der Waals surface area contributed by atoms with Gasteiger partial charge < -0.3 is 15.4 Å². The van der Waals surface area contributed by atoms with E-state index in [0.29, 0.717) is 38.6 Å². The Balaban J connectivity index is 1.45. The molecule has 0 aliphatic rings. The molecule has 0 fully saturated rings. The lowest BCUT2D eigenvalue weighted by Gasteiger charge is -2.06. The number of hydrogen-bond donors (Lipinski definition) is 2. The lowest BCUT2D eigenvalue weighted by Crippen LogP contribution is -2.15. The zero-order chi connectivity index (χ0) is 22.9. The van der Waals surface area contributed by atoms with Gasteiger partial charge in [0.25, 0.3) is 0 Å². The maximum atomic E-state index is 12.3. The minimum absolute atomic E-state index is 0.105. The van der Waals surface area contributed by atoms with Crippen LogP contribution in [0.1, 0.15) is 23.0 Å². The predicted octanol–water partition coefficient (Wildman–Crippen LogP) is 4.89. The van der Waals surface area contributed by atoms with E-state index in [2.05, 4.69) is 15.6 Å². The second-order valence-electron chi connectivity index (χ2n) is 6.47. The van der Waals surface area contributed by atoms with Gasteiger partial charge in [-0.1, -0.05) is 23.4 Å². The maximum Gasteiger partial charge on any atom is 0.338 e. The molecule has 0 spiro atoms. The van der Waals surface area contributed by atoms with Gasteiger partial charge in [0.05, 0.1) is 30.0 Å². The Morgan fingerprint density at radius 3 is 2.28 bits per heavy atom. The smallest absolute Gasteiger partial charge is 0.338 e. The van der Waals surface area contributed by atoms with Gasteiger partial charge in [-0.2, -0.15) is 0 Å². The summed E-state index contributed by atoms with van der Waals surface area (Å²) in [6.45, 7) is 2.04. The van der Waals surface area contributed by atoms with E-state index in [1.54, 1.807) is 60.8 Å². The summed E-state index contributed by atoms with van der Waals surface area (Å²) in [6.07, 6.45) is 0.105. The number of anilines is 2. The van der Waals surface area contributed by atoms with Gasteiger partial charge in [-0.3, -0.25) is 9.59 Å². The first-order chi connectivity index (χ1) is 15.4. The van der Waals surface area contributed by atoms with E-state index in [9.17, 15) is 14.4 Å². The van der Waals surface area contributed by atoms with Crippen LogP contribution in [-0.4, -0.2) is 35.1 Å². The fourth-order valence-corrected chi connectivity index (χ4v) is 4.34. The first kappa shape index (κ1) is 23.8. The molecular weight excluding hydrogens is 470 g/mol. The molecule has 3 aromatic rings. The number of esters is 1. The summed E-state index contributed by atoms with van der Waals surface area (Å²) in [5.41, 5.74) is 2.29. The minimum Gasteiger partial charge on any atom is -0.462 e. The molecule has 32 heavy (non-hydrogen) atoms. The number of thioether (sulfide) groups is 1. The molecule has 0 aliphatic carbocycles. The first-order valence-electron chi connectivity index (χ1n) is 9.62. The number of ether oxygens (including phenoxy) is 1. The number of carbonyl (C=O) groups excluding carboxylic acids is 3. The Bertz CT molecular complexity index is 1090. The molecule has 2 amide bonds. The number of amides is 2. The molecule has 0 unspecified atom stereocenters. The zero-order valence-electron chi connectivity index (χ0n) is 17.1. The van der Waals surface area contributed by atoms with Crippen molar-refractivity contribution in [2.24, 2.45) is 0 Å². The summed E-state index contributed by atoms with van der Waals surface area (Å²) in [4.78, 5) is 40.4. The maximum absolute atomic E-state index is 12.3. The molecule has 0 radical (unpaired) electrons. The van der Waals surface area contributed by atoms with Gasteiger partial charge >= 0.3 is 5.97 Å². The Morgan fingerprint density at radius 1 is 1.00 bits per heavy atom. The molecule has 2 N–H and O–H groups in total. The molecule has 1 heterocycles. The number of thiazole rings is 1. The lowest BCUT2D eigenvalue weighted by atomic mass is 10.2. The van der Waals surface area contributed by atoms with Crippen molar-refractivity contribution in [1.29, 1.82) is 0 Å². The Labute approximate surface area is 198 Å². The van der Waals surface area contributed by atoms with Crippen molar-refractivity contribution in [2.45, 2.75) is 17.7 Å². The van der Waals surface area contributed by atoms with Crippen LogP contribution < -0.4 is 10.6 Å². The van der Waals surface area contributed by atoms with Gasteiger partial charge in [-0.15, -0.1) is 11.3 Å². The van der Waals surface area contributed by atoms with Crippen molar-refractivity contribution >= 4 is 63.9 Å². The number of halogens is 1. The quantitative estimate of drug-likeness (QED) is 0.328. The lowest BCUT2D eigenvalue weighted by molar-refractivity contribution is -0.116. The predicted molar refractivity (Wildman–Crippen MR) is 128 cm³/mol. The summed E-state index contributed by atoms with van der Waals surface area (Å²) < 4.78 is 5.64. The van der Waals surface area contributed by atoms with Gasteiger partial charge in [0.1, 0.15) is 0 Å². The molecule has 0 bridgehead atoms. The third-order valence-corrected chi connectivity index (χ3v) is 6.33. The van der Waals surface area contributed by atoms with E-state index in [-0.39, 0.29) is 24.0 Å². The molecule has 7 nitrogen and oxygen atoms in total. The molecule has 1 aromatic heterocycles. The number of nitrogens with zero attached hydrogens (tertiary/aromatic N) is 1. The van der Waals surface area contributed by atoms with Crippen LogP contribution in [0, 0.1) is 0 Å². The summed E-state index contributed by atoms with van der Waals surface area (Å²) in [6, 6.07) is 13.4.